The van der Waals surface area contributed by atoms with Gasteiger partial charge in [0.15, 0.2) is 0 Å². The molecule has 0 aromatic carbocycles. The zero-order valence-electron chi connectivity index (χ0n) is 11.7. The van der Waals surface area contributed by atoms with E-state index in [2.05, 4.69) is 20.1 Å². The largest absolute Gasteiger partial charge is 0.347 e. The first kappa shape index (κ1) is 15.0. The van der Waals surface area contributed by atoms with Crippen molar-refractivity contribution in [2.45, 2.75) is 25.8 Å². The fraction of sp³-hybridized carbons (Fsp3) is 0.538. The van der Waals surface area contributed by atoms with Crippen LogP contribution in [0.1, 0.15) is 25.0 Å². The molecule has 9 heteroatoms. The van der Waals surface area contributed by atoms with Gasteiger partial charge in [0, 0.05) is 25.7 Å². The molecular weight excluding hydrogens is 312 g/mol. The van der Waals surface area contributed by atoms with Crippen LogP contribution in [0.25, 0.3) is 0 Å². The number of piperidine rings is 1. The van der Waals surface area contributed by atoms with Crippen LogP contribution >= 0.6 is 11.3 Å². The molecule has 0 N–H and O–H groups in total. The van der Waals surface area contributed by atoms with Crippen LogP contribution in [0.5, 0.6) is 0 Å². The van der Waals surface area contributed by atoms with E-state index in [0.717, 1.165) is 37.1 Å². The van der Waals surface area contributed by atoms with Crippen molar-refractivity contribution in [3.05, 3.63) is 34.0 Å². The molecule has 1 aliphatic rings. The Kier molecular flexibility index (Phi) is 4.41. The van der Waals surface area contributed by atoms with Gasteiger partial charge in [-0.2, -0.15) is 0 Å². The smallest absolute Gasteiger partial charge is 0.280 e. The molecule has 1 saturated heterocycles. The molecule has 0 radical (unpaired) electrons. The van der Waals surface area contributed by atoms with Gasteiger partial charge in [-0.05, 0) is 18.8 Å². The van der Waals surface area contributed by atoms with Crippen molar-refractivity contribution in [2.75, 3.05) is 18.0 Å². The Balaban J connectivity index is 1.60. The second kappa shape index (κ2) is 6.47. The van der Waals surface area contributed by atoms with E-state index in [9.17, 15) is 13.6 Å². The summed E-state index contributed by atoms with van der Waals surface area (Å²) in [5.74, 6) is 0.334. The molecule has 0 spiro atoms. The van der Waals surface area contributed by atoms with Crippen LogP contribution in [-0.4, -0.2) is 32.8 Å². The maximum atomic E-state index is 12.5. The standard InChI is InChI=1S/C13H15F2N5OS/c14-12(15)10-5-11(21)20(7-16-10)6-9-1-3-19(4-2-9)13-18-17-8-22-13/h5,7-9,12H,1-4,6H2. The van der Waals surface area contributed by atoms with Crippen molar-refractivity contribution in [1.82, 2.24) is 19.7 Å². The number of rotatable bonds is 4. The lowest BCUT2D eigenvalue weighted by Gasteiger charge is -2.31. The van der Waals surface area contributed by atoms with Gasteiger partial charge >= 0.3 is 0 Å². The van der Waals surface area contributed by atoms with E-state index >= 15 is 0 Å². The summed E-state index contributed by atoms with van der Waals surface area (Å²) in [6, 6.07) is 0.918. The van der Waals surface area contributed by atoms with Crippen molar-refractivity contribution < 1.29 is 8.78 Å². The first-order chi connectivity index (χ1) is 10.6. The lowest BCUT2D eigenvalue weighted by atomic mass is 9.97. The number of alkyl halides is 2. The number of hydrogen-bond donors (Lipinski definition) is 0. The Hall–Kier alpha value is -1.90. The molecule has 3 heterocycles. The molecule has 6 nitrogen and oxygen atoms in total. The topological polar surface area (TPSA) is 63.9 Å². The minimum Gasteiger partial charge on any atom is -0.347 e. The summed E-state index contributed by atoms with van der Waals surface area (Å²) in [6.45, 7) is 2.23. The maximum Gasteiger partial charge on any atom is 0.280 e. The van der Waals surface area contributed by atoms with Gasteiger partial charge in [-0.1, -0.05) is 11.3 Å². The molecular formula is C13H15F2N5OS. The zero-order valence-corrected chi connectivity index (χ0v) is 12.5. The summed E-state index contributed by atoms with van der Waals surface area (Å²) in [4.78, 5) is 17.7. The molecule has 0 atom stereocenters. The van der Waals surface area contributed by atoms with Crippen molar-refractivity contribution in [3.8, 4) is 0 Å². The Bertz CT molecular complexity index is 667. The highest BCUT2D eigenvalue weighted by atomic mass is 32.1. The van der Waals surface area contributed by atoms with Crippen molar-refractivity contribution in [1.29, 1.82) is 0 Å². The minimum absolute atomic E-state index is 0.334. The second-order valence-electron chi connectivity index (χ2n) is 5.26. The third-order valence-electron chi connectivity index (χ3n) is 3.81. The van der Waals surface area contributed by atoms with Crippen LogP contribution in [-0.2, 0) is 6.54 Å². The number of halogens is 2. The molecule has 0 saturated carbocycles. The van der Waals surface area contributed by atoms with Crippen LogP contribution in [0.4, 0.5) is 13.9 Å². The van der Waals surface area contributed by atoms with E-state index in [1.54, 1.807) is 5.51 Å². The van der Waals surface area contributed by atoms with E-state index in [1.165, 1.54) is 22.2 Å². The summed E-state index contributed by atoms with van der Waals surface area (Å²) in [5, 5.41) is 8.79. The van der Waals surface area contributed by atoms with E-state index in [-0.39, 0.29) is 0 Å². The zero-order chi connectivity index (χ0) is 15.5. The molecule has 0 aliphatic carbocycles. The first-order valence-corrected chi connectivity index (χ1v) is 7.87. The summed E-state index contributed by atoms with van der Waals surface area (Å²) >= 11 is 1.51. The molecule has 2 aromatic rings. The van der Waals surface area contributed by atoms with E-state index in [4.69, 9.17) is 0 Å². The van der Waals surface area contributed by atoms with Gasteiger partial charge in [0.25, 0.3) is 12.0 Å². The summed E-state index contributed by atoms with van der Waals surface area (Å²) in [5.41, 5.74) is 0.821. The van der Waals surface area contributed by atoms with Gasteiger partial charge in [-0.25, -0.2) is 13.8 Å². The van der Waals surface area contributed by atoms with Gasteiger partial charge < -0.3 is 4.90 Å². The lowest BCUT2D eigenvalue weighted by molar-refractivity contribution is 0.145. The third-order valence-corrected chi connectivity index (χ3v) is 4.56. The predicted molar refractivity (Wildman–Crippen MR) is 78.3 cm³/mol. The fourth-order valence-corrected chi connectivity index (χ4v) is 3.20. The number of aromatic nitrogens is 4. The monoisotopic (exact) mass is 327 g/mol. The normalized spacial score (nSPS) is 16.4. The van der Waals surface area contributed by atoms with Crippen molar-refractivity contribution >= 4 is 16.5 Å². The van der Waals surface area contributed by atoms with Crippen LogP contribution in [0, 0.1) is 5.92 Å². The number of anilines is 1. The Morgan fingerprint density at radius 2 is 2.14 bits per heavy atom. The van der Waals surface area contributed by atoms with Gasteiger partial charge in [0.05, 0.1) is 6.33 Å². The quantitative estimate of drug-likeness (QED) is 0.859. The van der Waals surface area contributed by atoms with Crippen LogP contribution in [0.2, 0.25) is 0 Å². The van der Waals surface area contributed by atoms with Crippen LogP contribution < -0.4 is 10.5 Å². The third kappa shape index (κ3) is 3.29. The van der Waals surface area contributed by atoms with Crippen LogP contribution in [0.3, 0.4) is 0 Å². The van der Waals surface area contributed by atoms with E-state index < -0.39 is 17.7 Å². The molecule has 2 aromatic heterocycles. The van der Waals surface area contributed by atoms with Gasteiger partial charge in [0.1, 0.15) is 11.2 Å². The SMILES string of the molecule is O=c1cc(C(F)F)ncn1CC1CCN(c2nncs2)CC1. The molecule has 1 aliphatic heterocycles. The number of hydrogen-bond acceptors (Lipinski definition) is 6. The molecule has 0 bridgehead atoms. The van der Waals surface area contributed by atoms with Gasteiger partial charge in [0.2, 0.25) is 5.13 Å². The summed E-state index contributed by atoms with van der Waals surface area (Å²) < 4.78 is 26.4. The maximum absolute atomic E-state index is 12.5. The second-order valence-corrected chi connectivity index (χ2v) is 6.07. The first-order valence-electron chi connectivity index (χ1n) is 6.99. The van der Waals surface area contributed by atoms with E-state index in [1.807, 2.05) is 0 Å². The predicted octanol–water partition coefficient (Wildman–Crippen LogP) is 1.95. The average molecular weight is 327 g/mol. The number of nitrogens with zero attached hydrogens (tertiary/aromatic N) is 5. The van der Waals surface area contributed by atoms with E-state index in [0.29, 0.717) is 12.5 Å². The molecule has 0 unspecified atom stereocenters. The highest BCUT2D eigenvalue weighted by Crippen LogP contribution is 2.24. The Morgan fingerprint density at radius 3 is 2.73 bits per heavy atom. The molecule has 3 rings (SSSR count). The lowest BCUT2D eigenvalue weighted by Crippen LogP contribution is -2.36. The van der Waals surface area contributed by atoms with Gasteiger partial charge in [-0.3, -0.25) is 9.36 Å². The van der Waals surface area contributed by atoms with Crippen molar-refractivity contribution in [3.63, 3.8) is 0 Å². The fourth-order valence-electron chi connectivity index (χ4n) is 2.59. The molecule has 118 valence electrons. The van der Waals surface area contributed by atoms with Crippen molar-refractivity contribution in [2.24, 2.45) is 5.92 Å². The van der Waals surface area contributed by atoms with Crippen LogP contribution in [0.15, 0.2) is 22.7 Å². The molecule has 1 fully saturated rings. The van der Waals surface area contributed by atoms with Gasteiger partial charge in [-0.15, -0.1) is 10.2 Å². The highest BCUT2D eigenvalue weighted by Gasteiger charge is 2.22. The Morgan fingerprint density at radius 1 is 1.36 bits per heavy atom. The minimum atomic E-state index is -2.71. The summed E-state index contributed by atoms with van der Waals surface area (Å²) in [6.07, 6.45) is 0.351. The molecule has 0 amide bonds. The Labute approximate surface area is 129 Å². The summed E-state index contributed by atoms with van der Waals surface area (Å²) in [7, 11) is 0. The molecule has 22 heavy (non-hydrogen) atoms. The average Bonchev–Trinajstić information content (AvgIpc) is 3.04. The highest BCUT2D eigenvalue weighted by molar-refractivity contribution is 7.13.